The molecule has 0 saturated carbocycles. The van der Waals surface area contributed by atoms with E-state index in [4.69, 9.17) is 11.6 Å². The highest BCUT2D eigenvalue weighted by Gasteiger charge is 2.47. The van der Waals surface area contributed by atoms with Gasteiger partial charge in [-0.3, -0.25) is 0 Å². The zero-order valence-electron chi connectivity index (χ0n) is 11.9. The molecule has 2 heterocycles. The molecule has 2 aromatic rings. The minimum atomic E-state index is -0.366. The van der Waals surface area contributed by atoms with Gasteiger partial charge in [0.25, 0.3) is 0 Å². The third-order valence-electron chi connectivity index (χ3n) is 4.76. The molecule has 0 amide bonds. The molecule has 114 valence electrons. The van der Waals surface area contributed by atoms with Crippen molar-refractivity contribution in [1.82, 2.24) is 5.32 Å². The van der Waals surface area contributed by atoms with Gasteiger partial charge in [0.1, 0.15) is 5.82 Å². The Labute approximate surface area is 142 Å². The first-order valence-corrected chi connectivity index (χ1v) is 8.51. The van der Waals surface area contributed by atoms with E-state index >= 15 is 0 Å². The number of hydrogen-bond donors (Lipinski definition) is 1. The average Bonchev–Trinajstić information content (AvgIpc) is 2.90. The number of benzene rings is 2. The predicted molar refractivity (Wildman–Crippen MR) is 91.1 cm³/mol. The van der Waals surface area contributed by atoms with Crippen LogP contribution in [0.4, 0.5) is 10.1 Å². The van der Waals surface area contributed by atoms with Gasteiger partial charge in [0, 0.05) is 36.2 Å². The van der Waals surface area contributed by atoms with Crippen molar-refractivity contribution in [3.8, 4) is 0 Å². The lowest BCUT2D eigenvalue weighted by atomic mass is 9.84. The lowest BCUT2D eigenvalue weighted by molar-refractivity contribution is 0.350. The minimum absolute atomic E-state index is 0.165. The Kier molecular flexibility index (Phi) is 3.44. The second kappa shape index (κ2) is 5.22. The lowest BCUT2D eigenvalue weighted by Crippen LogP contribution is -2.57. The average molecular weight is 382 g/mol. The summed E-state index contributed by atoms with van der Waals surface area (Å²) in [6, 6.07) is 12.0. The summed E-state index contributed by atoms with van der Waals surface area (Å²) in [7, 11) is 0. The van der Waals surface area contributed by atoms with Crippen LogP contribution >= 0.6 is 27.5 Å². The Morgan fingerprint density at radius 1 is 1.27 bits per heavy atom. The van der Waals surface area contributed by atoms with Gasteiger partial charge in [0.15, 0.2) is 0 Å². The Morgan fingerprint density at radius 2 is 2.05 bits per heavy atom. The highest BCUT2D eigenvalue weighted by atomic mass is 79.9. The molecule has 0 bridgehead atoms. The van der Waals surface area contributed by atoms with Crippen LogP contribution in [0.5, 0.6) is 0 Å². The van der Waals surface area contributed by atoms with Gasteiger partial charge in [-0.1, -0.05) is 41.9 Å². The van der Waals surface area contributed by atoms with E-state index in [9.17, 15) is 4.39 Å². The standard InChI is InChI=1S/C17H15BrClFN2/c18-15-12-9-17(11-4-2-1-3-5-11)10-21-6-7-22(17)14(12)8-13(20)16(15)19/h1-5,8,21H,6-7,9-10H2/t17-/m1/s1. The summed E-state index contributed by atoms with van der Waals surface area (Å²) in [6.07, 6.45) is 0.819. The highest BCUT2D eigenvalue weighted by Crippen LogP contribution is 2.50. The first kappa shape index (κ1) is 14.5. The van der Waals surface area contributed by atoms with E-state index in [1.807, 2.05) is 6.07 Å². The maximum Gasteiger partial charge on any atom is 0.145 e. The molecule has 22 heavy (non-hydrogen) atoms. The van der Waals surface area contributed by atoms with Crippen LogP contribution in [0.2, 0.25) is 5.02 Å². The molecular weight excluding hydrogens is 367 g/mol. The van der Waals surface area contributed by atoms with Crippen molar-refractivity contribution in [2.75, 3.05) is 24.5 Å². The first-order valence-electron chi connectivity index (χ1n) is 7.34. The van der Waals surface area contributed by atoms with Crippen molar-refractivity contribution in [2.45, 2.75) is 12.0 Å². The van der Waals surface area contributed by atoms with Crippen LogP contribution in [-0.4, -0.2) is 19.6 Å². The molecule has 2 aliphatic rings. The van der Waals surface area contributed by atoms with Gasteiger partial charge >= 0.3 is 0 Å². The van der Waals surface area contributed by atoms with Crippen LogP contribution in [0.15, 0.2) is 40.9 Å². The number of hydrogen-bond acceptors (Lipinski definition) is 2. The molecule has 2 nitrogen and oxygen atoms in total. The van der Waals surface area contributed by atoms with E-state index in [2.05, 4.69) is 50.4 Å². The van der Waals surface area contributed by atoms with Crippen molar-refractivity contribution < 1.29 is 4.39 Å². The summed E-state index contributed by atoms with van der Waals surface area (Å²) in [4.78, 5) is 2.33. The van der Waals surface area contributed by atoms with E-state index in [0.717, 1.165) is 37.3 Å². The molecule has 0 aliphatic carbocycles. The van der Waals surface area contributed by atoms with Crippen LogP contribution < -0.4 is 10.2 Å². The fourth-order valence-corrected chi connectivity index (χ4v) is 4.44. The van der Waals surface area contributed by atoms with E-state index < -0.39 is 0 Å². The fraction of sp³-hybridized carbons (Fsp3) is 0.294. The third kappa shape index (κ3) is 1.94. The summed E-state index contributed by atoms with van der Waals surface area (Å²) >= 11 is 9.59. The van der Waals surface area contributed by atoms with Gasteiger partial charge in [0.05, 0.1) is 10.6 Å². The summed E-state index contributed by atoms with van der Waals surface area (Å²) in [5.41, 5.74) is 3.14. The van der Waals surface area contributed by atoms with E-state index in [1.165, 1.54) is 5.56 Å². The molecule has 0 spiro atoms. The molecule has 0 unspecified atom stereocenters. The summed E-state index contributed by atoms with van der Waals surface area (Å²) in [6.45, 7) is 2.60. The molecular formula is C17H15BrClFN2. The Morgan fingerprint density at radius 3 is 2.82 bits per heavy atom. The molecule has 1 fully saturated rings. The zero-order valence-corrected chi connectivity index (χ0v) is 14.2. The van der Waals surface area contributed by atoms with Crippen LogP contribution in [-0.2, 0) is 12.0 Å². The van der Waals surface area contributed by atoms with Crippen molar-refractivity contribution in [3.05, 3.63) is 62.8 Å². The maximum atomic E-state index is 14.1. The van der Waals surface area contributed by atoms with Crippen LogP contribution in [0, 0.1) is 5.82 Å². The number of nitrogens with zero attached hydrogens (tertiary/aromatic N) is 1. The molecule has 2 aromatic carbocycles. The zero-order chi connectivity index (χ0) is 15.3. The van der Waals surface area contributed by atoms with Gasteiger partial charge < -0.3 is 10.2 Å². The van der Waals surface area contributed by atoms with Crippen LogP contribution in [0.25, 0.3) is 0 Å². The molecule has 2 aliphatic heterocycles. The maximum absolute atomic E-state index is 14.1. The van der Waals surface area contributed by atoms with Gasteiger partial charge in [0.2, 0.25) is 0 Å². The third-order valence-corrected chi connectivity index (χ3v) is 6.23. The highest BCUT2D eigenvalue weighted by molar-refractivity contribution is 9.10. The SMILES string of the molecule is Fc1cc2c(c(Br)c1Cl)C[C@]1(c3ccccc3)CNCCN21. The number of rotatable bonds is 1. The molecule has 1 N–H and O–H groups in total. The van der Waals surface area contributed by atoms with Crippen molar-refractivity contribution in [1.29, 1.82) is 0 Å². The summed E-state index contributed by atoms with van der Waals surface area (Å²) in [5.74, 6) is -0.366. The number of fused-ring (bicyclic) bond motifs is 3. The molecule has 1 saturated heterocycles. The van der Waals surface area contributed by atoms with Crippen LogP contribution in [0.1, 0.15) is 11.1 Å². The van der Waals surface area contributed by atoms with Crippen molar-refractivity contribution >= 4 is 33.2 Å². The first-order chi connectivity index (χ1) is 10.6. The van der Waals surface area contributed by atoms with Gasteiger partial charge in [-0.25, -0.2) is 4.39 Å². The topological polar surface area (TPSA) is 15.3 Å². The molecule has 0 aromatic heterocycles. The summed E-state index contributed by atoms with van der Waals surface area (Å²) in [5, 5.41) is 3.67. The van der Waals surface area contributed by atoms with Gasteiger partial charge in [-0.05, 0) is 33.1 Å². The van der Waals surface area contributed by atoms with Gasteiger partial charge in [-0.15, -0.1) is 0 Å². The lowest BCUT2D eigenvalue weighted by Gasteiger charge is -2.45. The molecule has 4 rings (SSSR count). The van der Waals surface area contributed by atoms with Crippen molar-refractivity contribution in [3.63, 3.8) is 0 Å². The molecule has 5 heteroatoms. The normalized spacial score (nSPS) is 23.3. The number of nitrogens with one attached hydrogen (secondary N) is 1. The minimum Gasteiger partial charge on any atom is -0.359 e. The van der Waals surface area contributed by atoms with Crippen molar-refractivity contribution in [2.24, 2.45) is 0 Å². The monoisotopic (exact) mass is 380 g/mol. The number of anilines is 1. The van der Waals surface area contributed by atoms with E-state index in [-0.39, 0.29) is 16.4 Å². The van der Waals surface area contributed by atoms with Crippen LogP contribution in [0.3, 0.4) is 0 Å². The second-order valence-electron chi connectivity index (χ2n) is 5.89. The van der Waals surface area contributed by atoms with E-state index in [0.29, 0.717) is 4.47 Å². The van der Waals surface area contributed by atoms with Gasteiger partial charge in [-0.2, -0.15) is 0 Å². The Balaban J connectivity index is 1.92. The number of piperazine rings is 1. The second-order valence-corrected chi connectivity index (χ2v) is 7.06. The Bertz CT molecular complexity index is 737. The molecule has 0 radical (unpaired) electrons. The fourth-order valence-electron chi connectivity index (χ4n) is 3.73. The van der Waals surface area contributed by atoms with E-state index in [1.54, 1.807) is 6.07 Å². The smallest absolute Gasteiger partial charge is 0.145 e. The summed E-state index contributed by atoms with van der Waals surface area (Å²) < 4.78 is 14.8. The number of halogens is 3. The quantitative estimate of drug-likeness (QED) is 0.748. The Hall–Kier alpha value is -1.10. The largest absolute Gasteiger partial charge is 0.359 e. The predicted octanol–water partition coefficient (Wildman–Crippen LogP) is 4.10. The molecule has 1 atom stereocenters.